The summed E-state index contributed by atoms with van der Waals surface area (Å²) in [5.41, 5.74) is 2.61. The molecule has 2 N–H and O–H groups in total. The smallest absolute Gasteiger partial charge is 0.191 e. The molecule has 0 atom stereocenters. The predicted molar refractivity (Wildman–Crippen MR) is 117 cm³/mol. The van der Waals surface area contributed by atoms with E-state index in [0.29, 0.717) is 0 Å². The number of aryl methyl sites for hydroxylation is 1. The van der Waals surface area contributed by atoms with Crippen molar-refractivity contribution in [3.05, 3.63) is 47.5 Å². The standard InChI is InChI=1S/C18H29N7.HI/c1-5-17-23-22-14-25(17)11-10-20-18(19-2)21-12-15-8-6-7-9-16(15)13-24(3)4;/h6-9,14H,5,10-13H2,1-4H3,(H2,19,20,21);1H. The number of guanidine groups is 1. The summed E-state index contributed by atoms with van der Waals surface area (Å²) in [6, 6.07) is 8.49. The minimum absolute atomic E-state index is 0. The van der Waals surface area contributed by atoms with Crippen molar-refractivity contribution < 1.29 is 0 Å². The van der Waals surface area contributed by atoms with Crippen LogP contribution in [0.1, 0.15) is 23.9 Å². The second kappa shape index (κ2) is 11.8. The molecule has 26 heavy (non-hydrogen) atoms. The molecule has 2 aromatic rings. The van der Waals surface area contributed by atoms with Gasteiger partial charge in [0.25, 0.3) is 0 Å². The lowest BCUT2D eigenvalue weighted by Gasteiger charge is -2.16. The average molecular weight is 471 g/mol. The van der Waals surface area contributed by atoms with Crippen LogP contribution in [0.4, 0.5) is 0 Å². The Morgan fingerprint density at radius 1 is 1.19 bits per heavy atom. The molecule has 8 heteroatoms. The Balaban J connectivity index is 0.00000338. The van der Waals surface area contributed by atoms with Gasteiger partial charge in [0.2, 0.25) is 0 Å². The van der Waals surface area contributed by atoms with Crippen LogP contribution in [0.15, 0.2) is 35.6 Å². The third-order valence-corrected chi connectivity index (χ3v) is 3.93. The van der Waals surface area contributed by atoms with E-state index < -0.39 is 0 Å². The number of hydrogen-bond acceptors (Lipinski definition) is 4. The summed E-state index contributed by atoms with van der Waals surface area (Å²) in [6.45, 7) is 5.34. The van der Waals surface area contributed by atoms with Crippen molar-refractivity contribution >= 4 is 29.9 Å². The molecule has 0 spiro atoms. The Morgan fingerprint density at radius 3 is 2.58 bits per heavy atom. The van der Waals surface area contributed by atoms with Gasteiger partial charge in [-0.15, -0.1) is 34.2 Å². The lowest BCUT2D eigenvalue weighted by atomic mass is 10.1. The first-order valence-electron chi connectivity index (χ1n) is 8.66. The molecule has 0 bridgehead atoms. The average Bonchev–Trinajstić information content (AvgIpc) is 3.06. The quantitative estimate of drug-likeness (QED) is 0.350. The molecule has 0 aliphatic carbocycles. The highest BCUT2D eigenvalue weighted by molar-refractivity contribution is 14.0. The Hall–Kier alpha value is -1.68. The van der Waals surface area contributed by atoms with Gasteiger partial charge in [0.15, 0.2) is 5.96 Å². The normalized spacial score (nSPS) is 11.3. The van der Waals surface area contributed by atoms with E-state index in [1.54, 1.807) is 13.4 Å². The summed E-state index contributed by atoms with van der Waals surface area (Å²) in [4.78, 5) is 6.48. The van der Waals surface area contributed by atoms with Gasteiger partial charge in [-0.3, -0.25) is 4.99 Å². The van der Waals surface area contributed by atoms with Gasteiger partial charge in [-0.1, -0.05) is 31.2 Å². The number of nitrogens with zero attached hydrogens (tertiary/aromatic N) is 5. The molecule has 1 heterocycles. The number of aromatic nitrogens is 3. The second-order valence-electron chi connectivity index (χ2n) is 6.15. The molecule has 1 aromatic heterocycles. The molecule has 0 saturated carbocycles. The van der Waals surface area contributed by atoms with Crippen molar-refractivity contribution in [1.82, 2.24) is 30.3 Å². The van der Waals surface area contributed by atoms with Crippen LogP contribution in [0, 0.1) is 0 Å². The minimum Gasteiger partial charge on any atom is -0.355 e. The maximum absolute atomic E-state index is 4.30. The maximum atomic E-state index is 4.30. The summed E-state index contributed by atoms with van der Waals surface area (Å²) in [5.74, 6) is 1.80. The molecule has 144 valence electrons. The van der Waals surface area contributed by atoms with Crippen molar-refractivity contribution in [2.24, 2.45) is 4.99 Å². The number of rotatable bonds is 8. The van der Waals surface area contributed by atoms with Gasteiger partial charge < -0.3 is 20.1 Å². The van der Waals surface area contributed by atoms with Crippen LogP contribution in [0.3, 0.4) is 0 Å². The molecular weight excluding hydrogens is 441 g/mol. The monoisotopic (exact) mass is 471 g/mol. The van der Waals surface area contributed by atoms with E-state index in [2.05, 4.69) is 80.6 Å². The van der Waals surface area contributed by atoms with E-state index >= 15 is 0 Å². The molecule has 0 saturated heterocycles. The number of nitrogens with one attached hydrogen (secondary N) is 2. The van der Waals surface area contributed by atoms with E-state index in [1.165, 1.54) is 11.1 Å². The van der Waals surface area contributed by atoms with Gasteiger partial charge in [0.05, 0.1) is 0 Å². The minimum atomic E-state index is 0. The zero-order valence-electron chi connectivity index (χ0n) is 16.1. The highest BCUT2D eigenvalue weighted by atomic mass is 127. The van der Waals surface area contributed by atoms with Gasteiger partial charge >= 0.3 is 0 Å². The van der Waals surface area contributed by atoms with E-state index in [1.807, 2.05) is 0 Å². The SMILES string of the molecule is CCc1nncn1CCNC(=NC)NCc1ccccc1CN(C)C.I. The van der Waals surface area contributed by atoms with Gasteiger partial charge in [0, 0.05) is 39.6 Å². The maximum Gasteiger partial charge on any atom is 0.191 e. The van der Waals surface area contributed by atoms with Gasteiger partial charge in [-0.25, -0.2) is 0 Å². The number of hydrogen-bond donors (Lipinski definition) is 2. The van der Waals surface area contributed by atoms with Crippen LogP contribution in [-0.2, 0) is 26.1 Å². The largest absolute Gasteiger partial charge is 0.355 e. The van der Waals surface area contributed by atoms with Crippen LogP contribution in [-0.4, -0.2) is 53.3 Å². The van der Waals surface area contributed by atoms with E-state index in [-0.39, 0.29) is 24.0 Å². The molecule has 0 fully saturated rings. The first-order valence-corrected chi connectivity index (χ1v) is 8.66. The molecule has 0 aliphatic rings. The highest BCUT2D eigenvalue weighted by Gasteiger charge is 2.05. The molecular formula is C18H30IN7. The Bertz CT molecular complexity index is 682. The lowest BCUT2D eigenvalue weighted by Crippen LogP contribution is -2.38. The molecule has 0 unspecified atom stereocenters. The van der Waals surface area contributed by atoms with Gasteiger partial charge in [-0.2, -0.15) is 0 Å². The Labute approximate surface area is 173 Å². The third kappa shape index (κ3) is 6.91. The van der Waals surface area contributed by atoms with Crippen molar-refractivity contribution in [3.8, 4) is 0 Å². The summed E-state index contributed by atoms with van der Waals surface area (Å²) in [6.07, 6.45) is 2.66. The molecule has 1 aromatic carbocycles. The summed E-state index contributed by atoms with van der Waals surface area (Å²) in [7, 11) is 5.96. The lowest BCUT2D eigenvalue weighted by molar-refractivity contribution is 0.400. The van der Waals surface area contributed by atoms with Crippen LogP contribution in [0.25, 0.3) is 0 Å². The van der Waals surface area contributed by atoms with E-state index in [9.17, 15) is 0 Å². The Morgan fingerprint density at radius 2 is 1.92 bits per heavy atom. The molecule has 0 radical (unpaired) electrons. The predicted octanol–water partition coefficient (Wildman–Crippen LogP) is 1.89. The summed E-state index contributed by atoms with van der Waals surface area (Å²) in [5, 5.41) is 14.8. The molecule has 0 amide bonds. The van der Waals surface area contributed by atoms with Crippen LogP contribution in [0.2, 0.25) is 0 Å². The molecule has 2 rings (SSSR count). The third-order valence-electron chi connectivity index (χ3n) is 3.93. The zero-order valence-corrected chi connectivity index (χ0v) is 18.4. The first kappa shape index (κ1) is 22.4. The molecule has 7 nitrogen and oxygen atoms in total. The van der Waals surface area contributed by atoms with Gasteiger partial charge in [-0.05, 0) is 25.2 Å². The van der Waals surface area contributed by atoms with Crippen LogP contribution >= 0.6 is 24.0 Å². The van der Waals surface area contributed by atoms with Crippen LogP contribution in [0.5, 0.6) is 0 Å². The highest BCUT2D eigenvalue weighted by Crippen LogP contribution is 2.10. The van der Waals surface area contributed by atoms with E-state index in [0.717, 1.165) is 44.4 Å². The van der Waals surface area contributed by atoms with Gasteiger partial charge in [0.1, 0.15) is 12.2 Å². The first-order chi connectivity index (χ1) is 12.1. The summed E-state index contributed by atoms with van der Waals surface area (Å²) < 4.78 is 2.06. The molecule has 0 aliphatic heterocycles. The van der Waals surface area contributed by atoms with Crippen molar-refractivity contribution in [2.75, 3.05) is 27.7 Å². The van der Waals surface area contributed by atoms with E-state index in [4.69, 9.17) is 0 Å². The summed E-state index contributed by atoms with van der Waals surface area (Å²) >= 11 is 0. The van der Waals surface area contributed by atoms with Crippen molar-refractivity contribution in [1.29, 1.82) is 0 Å². The fraction of sp³-hybridized carbons (Fsp3) is 0.500. The number of benzene rings is 1. The number of aliphatic imine (C=N–C) groups is 1. The van der Waals surface area contributed by atoms with Crippen molar-refractivity contribution in [2.45, 2.75) is 33.0 Å². The van der Waals surface area contributed by atoms with Crippen molar-refractivity contribution in [3.63, 3.8) is 0 Å². The fourth-order valence-corrected chi connectivity index (χ4v) is 2.66. The zero-order chi connectivity index (χ0) is 18.1. The fourth-order valence-electron chi connectivity index (χ4n) is 2.66. The second-order valence-corrected chi connectivity index (χ2v) is 6.15. The van der Waals surface area contributed by atoms with Crippen LogP contribution < -0.4 is 10.6 Å². The number of halogens is 1. The topological polar surface area (TPSA) is 70.4 Å². The Kier molecular flexibility index (Phi) is 10.2.